The van der Waals surface area contributed by atoms with Crippen LogP contribution in [0.4, 0.5) is 8.78 Å². The number of allylic oxidation sites excluding steroid dienone is 1. The molecule has 23 heavy (non-hydrogen) atoms. The van der Waals surface area contributed by atoms with Gasteiger partial charge in [0.1, 0.15) is 17.5 Å². The molecule has 0 amide bonds. The molecule has 119 valence electrons. The molecule has 1 aromatic rings. The van der Waals surface area contributed by atoms with Gasteiger partial charge >= 0.3 is 7.41 Å². The monoisotopic (exact) mass is 317 g/mol. The van der Waals surface area contributed by atoms with Crippen LogP contribution in [0.2, 0.25) is 0 Å². The van der Waals surface area contributed by atoms with E-state index < -0.39 is 11.6 Å². The summed E-state index contributed by atoms with van der Waals surface area (Å²) in [5.41, 5.74) is 1.95. The van der Waals surface area contributed by atoms with E-state index in [-0.39, 0.29) is 11.4 Å². The van der Waals surface area contributed by atoms with Gasteiger partial charge in [0.15, 0.2) is 0 Å². The highest BCUT2D eigenvalue weighted by Gasteiger charge is 2.21. The number of ether oxygens (including phenoxy) is 1. The number of azo groups is 1. The van der Waals surface area contributed by atoms with Gasteiger partial charge in [0.2, 0.25) is 0 Å². The maximum absolute atomic E-state index is 13.8. The number of amidine groups is 1. The van der Waals surface area contributed by atoms with Crippen LogP contribution in [0.25, 0.3) is 0 Å². The summed E-state index contributed by atoms with van der Waals surface area (Å²) < 4.78 is 32.2. The van der Waals surface area contributed by atoms with Gasteiger partial charge in [-0.2, -0.15) is 10.2 Å². The highest BCUT2D eigenvalue weighted by Crippen LogP contribution is 2.19. The van der Waals surface area contributed by atoms with E-state index in [2.05, 4.69) is 20.1 Å². The van der Waals surface area contributed by atoms with Crippen molar-refractivity contribution in [2.24, 2.45) is 20.1 Å². The summed E-state index contributed by atoms with van der Waals surface area (Å²) in [5, 5.41) is 7.85. The van der Waals surface area contributed by atoms with Crippen LogP contribution in [0, 0.1) is 11.6 Å². The second-order valence-electron chi connectivity index (χ2n) is 4.87. The van der Waals surface area contributed by atoms with Gasteiger partial charge in [0.25, 0.3) is 0 Å². The van der Waals surface area contributed by atoms with Gasteiger partial charge in [0.05, 0.1) is 16.9 Å². The molecule has 0 unspecified atom stereocenters. The predicted octanol–water partition coefficient (Wildman–Crippen LogP) is 3.14. The average molecular weight is 317 g/mol. The molecular formula is C15H16BF2N4O. The van der Waals surface area contributed by atoms with E-state index in [0.29, 0.717) is 24.3 Å². The summed E-state index contributed by atoms with van der Waals surface area (Å²) in [7, 11) is 4.63. The molecule has 1 aromatic carbocycles. The Morgan fingerprint density at radius 1 is 1.35 bits per heavy atom. The Labute approximate surface area is 134 Å². The molecule has 1 aliphatic heterocycles. The van der Waals surface area contributed by atoms with Gasteiger partial charge in [-0.1, -0.05) is 0 Å². The molecule has 0 saturated heterocycles. The first-order valence-corrected chi connectivity index (χ1v) is 7.00. The maximum Gasteiger partial charge on any atom is 0.340 e. The standard InChI is InChI=1S/C15H16BF2N4O/c1-9(6-7-23-3)13(22-19-2)14-16-21-15(20-14)11-8-10(17)4-5-12(11)18/h4-5,8H,6-7H2,1-3H3/b13-9+,22-19?. The Morgan fingerprint density at radius 3 is 2.83 bits per heavy atom. The molecule has 0 spiro atoms. The molecule has 0 N–H and O–H groups in total. The minimum Gasteiger partial charge on any atom is -0.384 e. The number of rotatable bonds is 6. The molecular weight excluding hydrogens is 301 g/mol. The minimum atomic E-state index is -0.581. The summed E-state index contributed by atoms with van der Waals surface area (Å²) in [5.74, 6) is -1.02. The fourth-order valence-corrected chi connectivity index (χ4v) is 2.04. The number of aliphatic imine (C=N–C) groups is 1. The Morgan fingerprint density at radius 2 is 2.13 bits per heavy atom. The lowest BCUT2D eigenvalue weighted by Gasteiger charge is -2.06. The van der Waals surface area contributed by atoms with E-state index in [1.54, 1.807) is 14.2 Å². The third-order valence-corrected chi connectivity index (χ3v) is 3.23. The molecule has 1 aliphatic rings. The number of hydrogen-bond donors (Lipinski definition) is 0. The van der Waals surface area contributed by atoms with E-state index in [4.69, 9.17) is 4.74 Å². The van der Waals surface area contributed by atoms with Crippen molar-refractivity contribution in [1.29, 1.82) is 0 Å². The minimum absolute atomic E-state index is 0.0126. The number of halogens is 2. The number of nitrogens with zero attached hydrogens (tertiary/aromatic N) is 4. The Kier molecular flexibility index (Phi) is 5.87. The van der Waals surface area contributed by atoms with Crippen molar-refractivity contribution in [1.82, 2.24) is 0 Å². The van der Waals surface area contributed by atoms with E-state index in [1.165, 1.54) is 7.41 Å². The Hall–Kier alpha value is -2.22. The van der Waals surface area contributed by atoms with Crippen LogP contribution in [0.1, 0.15) is 18.9 Å². The van der Waals surface area contributed by atoms with Gasteiger partial charge < -0.3 is 9.64 Å². The number of benzene rings is 1. The van der Waals surface area contributed by atoms with Crippen LogP contribution in [0.5, 0.6) is 0 Å². The molecule has 2 rings (SSSR count). The van der Waals surface area contributed by atoms with E-state index >= 15 is 0 Å². The van der Waals surface area contributed by atoms with Crippen molar-refractivity contribution >= 4 is 18.9 Å². The highest BCUT2D eigenvalue weighted by atomic mass is 19.1. The summed E-state index contributed by atoms with van der Waals surface area (Å²) in [6.45, 7) is 2.42. The SMILES string of the molecule is CN=N/C(C1=NC(c2cc(F)ccc2F)=N[B]1)=C(\C)CCOC. The van der Waals surface area contributed by atoms with E-state index in [0.717, 1.165) is 23.8 Å². The van der Waals surface area contributed by atoms with Crippen LogP contribution < -0.4 is 0 Å². The molecule has 0 fully saturated rings. The van der Waals surface area contributed by atoms with E-state index in [1.807, 2.05) is 6.92 Å². The molecule has 0 saturated carbocycles. The van der Waals surface area contributed by atoms with Gasteiger partial charge in [0, 0.05) is 20.8 Å². The smallest absolute Gasteiger partial charge is 0.340 e. The molecule has 1 radical (unpaired) electrons. The van der Waals surface area contributed by atoms with Crippen LogP contribution in [0.15, 0.2) is 49.6 Å². The zero-order valence-electron chi connectivity index (χ0n) is 13.2. The second kappa shape index (κ2) is 7.87. The van der Waals surface area contributed by atoms with Crippen molar-refractivity contribution in [3.63, 3.8) is 0 Å². The average Bonchev–Trinajstić information content (AvgIpc) is 3.02. The normalized spacial score (nSPS) is 15.3. The van der Waals surface area contributed by atoms with Crippen molar-refractivity contribution in [2.45, 2.75) is 13.3 Å². The first-order valence-electron chi connectivity index (χ1n) is 7.00. The molecule has 0 bridgehead atoms. The summed E-state index contributed by atoms with van der Waals surface area (Å²) in [6, 6.07) is 3.16. The predicted molar refractivity (Wildman–Crippen MR) is 86.1 cm³/mol. The third kappa shape index (κ3) is 4.16. The summed E-state index contributed by atoms with van der Waals surface area (Å²) >= 11 is 0. The largest absolute Gasteiger partial charge is 0.384 e. The molecule has 0 atom stereocenters. The van der Waals surface area contributed by atoms with Crippen molar-refractivity contribution in [2.75, 3.05) is 20.8 Å². The first kappa shape index (κ1) is 17.1. The lowest BCUT2D eigenvalue weighted by atomic mass is 9.84. The van der Waals surface area contributed by atoms with Crippen LogP contribution in [-0.4, -0.2) is 39.6 Å². The topological polar surface area (TPSA) is 58.7 Å². The van der Waals surface area contributed by atoms with Crippen molar-refractivity contribution < 1.29 is 13.5 Å². The van der Waals surface area contributed by atoms with Crippen LogP contribution >= 0.6 is 0 Å². The van der Waals surface area contributed by atoms with Crippen LogP contribution in [0.3, 0.4) is 0 Å². The van der Waals surface area contributed by atoms with Crippen molar-refractivity contribution in [3.8, 4) is 0 Å². The number of methoxy groups -OCH3 is 1. The molecule has 5 nitrogen and oxygen atoms in total. The van der Waals surface area contributed by atoms with Gasteiger partial charge in [-0.3, -0.25) is 0 Å². The zero-order valence-corrected chi connectivity index (χ0v) is 13.2. The van der Waals surface area contributed by atoms with Gasteiger partial charge in [-0.05, 0) is 37.1 Å². The fourth-order valence-electron chi connectivity index (χ4n) is 2.04. The zero-order chi connectivity index (χ0) is 16.8. The lowest BCUT2D eigenvalue weighted by molar-refractivity contribution is 0.202. The van der Waals surface area contributed by atoms with Gasteiger partial charge in [-0.15, -0.1) is 0 Å². The first-order chi connectivity index (χ1) is 11.1. The van der Waals surface area contributed by atoms with Gasteiger partial charge in [-0.25, -0.2) is 13.8 Å². The Balaban J connectivity index is 2.33. The summed E-state index contributed by atoms with van der Waals surface area (Å²) in [4.78, 5) is 8.33. The molecule has 0 aliphatic carbocycles. The third-order valence-electron chi connectivity index (χ3n) is 3.23. The quantitative estimate of drug-likeness (QED) is 0.587. The van der Waals surface area contributed by atoms with Crippen LogP contribution in [-0.2, 0) is 4.74 Å². The fraction of sp³-hybridized carbons (Fsp3) is 0.333. The lowest BCUT2D eigenvalue weighted by Crippen LogP contribution is -2.09. The maximum atomic E-state index is 13.8. The number of hydrogen-bond acceptors (Lipinski definition) is 5. The molecule has 1 heterocycles. The van der Waals surface area contributed by atoms with Crippen molar-refractivity contribution in [3.05, 3.63) is 46.7 Å². The highest BCUT2D eigenvalue weighted by molar-refractivity contribution is 6.81. The molecule has 8 heteroatoms. The molecule has 0 aromatic heterocycles. The second-order valence-corrected chi connectivity index (χ2v) is 4.87. The van der Waals surface area contributed by atoms with E-state index in [9.17, 15) is 8.78 Å². The Bertz CT molecular complexity index is 713. The summed E-state index contributed by atoms with van der Waals surface area (Å²) in [6.07, 6.45) is 0.654.